The van der Waals surface area contributed by atoms with E-state index in [1.807, 2.05) is 4.68 Å². The summed E-state index contributed by atoms with van der Waals surface area (Å²) in [6, 6.07) is 0. The van der Waals surface area contributed by atoms with Crippen LogP contribution in [-0.2, 0) is 6.54 Å². The molecule has 0 aromatic carbocycles. The number of aryl methyl sites for hydroxylation is 2. The van der Waals surface area contributed by atoms with Gasteiger partial charge in [0.25, 0.3) is 0 Å². The quantitative estimate of drug-likeness (QED) is 0.844. The molecule has 0 atom stereocenters. The fourth-order valence-electron chi connectivity index (χ4n) is 1.35. The molecule has 3 nitrogen and oxygen atoms in total. The van der Waals surface area contributed by atoms with E-state index in [2.05, 4.69) is 44.3 Å². The predicted molar refractivity (Wildman–Crippen MR) is 67.8 cm³/mol. The molecule has 0 unspecified atom stereocenters. The van der Waals surface area contributed by atoms with Crippen LogP contribution < -0.4 is 5.32 Å². The predicted octanol–water partition coefficient (Wildman–Crippen LogP) is 3.09. The highest BCUT2D eigenvalue weighted by molar-refractivity contribution is 5.85. The van der Waals surface area contributed by atoms with Gasteiger partial charge in [0.15, 0.2) is 0 Å². The Balaban J connectivity index is 0.00000196. The van der Waals surface area contributed by atoms with Crippen LogP contribution in [0, 0.1) is 12.8 Å². The van der Waals surface area contributed by atoms with E-state index in [9.17, 15) is 0 Å². The molecular formula is C11H22ClN3. The van der Waals surface area contributed by atoms with E-state index in [4.69, 9.17) is 0 Å². The number of hydrogen-bond acceptors (Lipinski definition) is 2. The van der Waals surface area contributed by atoms with E-state index in [0.29, 0.717) is 5.92 Å². The monoisotopic (exact) mass is 231 g/mol. The molecule has 0 bridgehead atoms. The molecule has 0 aliphatic carbocycles. The van der Waals surface area contributed by atoms with Crippen LogP contribution in [0.5, 0.6) is 0 Å². The molecule has 0 aliphatic rings. The van der Waals surface area contributed by atoms with Gasteiger partial charge in [0.2, 0.25) is 0 Å². The first-order valence-corrected chi connectivity index (χ1v) is 5.41. The minimum Gasteiger partial charge on any atom is -0.382 e. The Labute approximate surface area is 98.7 Å². The van der Waals surface area contributed by atoms with Crippen molar-refractivity contribution in [2.24, 2.45) is 5.92 Å². The van der Waals surface area contributed by atoms with Gasteiger partial charge < -0.3 is 5.32 Å². The summed E-state index contributed by atoms with van der Waals surface area (Å²) >= 11 is 0. The second-order valence-corrected chi connectivity index (χ2v) is 4.17. The highest BCUT2D eigenvalue weighted by Gasteiger charge is 2.03. The highest BCUT2D eigenvalue weighted by atomic mass is 35.5. The van der Waals surface area contributed by atoms with Crippen molar-refractivity contribution in [3.05, 3.63) is 11.9 Å². The molecule has 1 N–H and O–H groups in total. The Morgan fingerprint density at radius 3 is 2.67 bits per heavy atom. The van der Waals surface area contributed by atoms with Crippen LogP contribution >= 0.6 is 12.4 Å². The SMILES string of the molecule is CCCn1cc(NCC(C)C)c(C)n1.Cl. The minimum atomic E-state index is 0. The fourth-order valence-corrected chi connectivity index (χ4v) is 1.35. The van der Waals surface area contributed by atoms with Crippen molar-refractivity contribution in [2.45, 2.75) is 40.7 Å². The number of aromatic nitrogens is 2. The summed E-state index contributed by atoms with van der Waals surface area (Å²) < 4.78 is 2.01. The summed E-state index contributed by atoms with van der Waals surface area (Å²) in [5.41, 5.74) is 2.27. The average molecular weight is 232 g/mol. The summed E-state index contributed by atoms with van der Waals surface area (Å²) in [5, 5.41) is 7.84. The molecule has 1 heterocycles. The van der Waals surface area contributed by atoms with Gasteiger partial charge in [0.1, 0.15) is 0 Å². The average Bonchev–Trinajstić information content (AvgIpc) is 2.44. The zero-order valence-electron chi connectivity index (χ0n) is 10.1. The van der Waals surface area contributed by atoms with Crippen molar-refractivity contribution in [3.63, 3.8) is 0 Å². The van der Waals surface area contributed by atoms with Crippen LogP contribution in [-0.4, -0.2) is 16.3 Å². The molecule has 1 aromatic heterocycles. The van der Waals surface area contributed by atoms with Gasteiger partial charge in [0, 0.05) is 19.3 Å². The molecule has 0 aliphatic heterocycles. The number of nitrogens with zero attached hydrogens (tertiary/aromatic N) is 2. The van der Waals surface area contributed by atoms with Crippen molar-refractivity contribution in [1.29, 1.82) is 0 Å². The first kappa shape index (κ1) is 14.3. The lowest BCUT2D eigenvalue weighted by molar-refractivity contribution is 0.598. The van der Waals surface area contributed by atoms with Crippen LogP contribution in [0.3, 0.4) is 0 Å². The molecule has 0 spiro atoms. The Kier molecular flexibility index (Phi) is 6.41. The maximum absolute atomic E-state index is 4.43. The zero-order chi connectivity index (χ0) is 10.6. The molecule has 4 heteroatoms. The molecule has 0 amide bonds. The largest absolute Gasteiger partial charge is 0.382 e. The van der Waals surface area contributed by atoms with E-state index in [1.165, 1.54) is 5.69 Å². The lowest BCUT2D eigenvalue weighted by Crippen LogP contribution is -2.07. The Morgan fingerprint density at radius 2 is 2.13 bits per heavy atom. The Bertz CT molecular complexity index is 281. The van der Waals surface area contributed by atoms with Crippen LogP contribution in [0.1, 0.15) is 32.9 Å². The van der Waals surface area contributed by atoms with Gasteiger partial charge in [-0.1, -0.05) is 20.8 Å². The van der Waals surface area contributed by atoms with Gasteiger partial charge in [-0.05, 0) is 19.3 Å². The van der Waals surface area contributed by atoms with Crippen LogP contribution in [0.15, 0.2) is 6.20 Å². The van der Waals surface area contributed by atoms with E-state index >= 15 is 0 Å². The fraction of sp³-hybridized carbons (Fsp3) is 0.727. The van der Waals surface area contributed by atoms with E-state index in [0.717, 1.165) is 25.2 Å². The third-order valence-electron chi connectivity index (χ3n) is 2.10. The maximum atomic E-state index is 4.43. The van der Waals surface area contributed by atoms with Gasteiger partial charge in [0.05, 0.1) is 11.4 Å². The van der Waals surface area contributed by atoms with Crippen LogP contribution in [0.4, 0.5) is 5.69 Å². The summed E-state index contributed by atoms with van der Waals surface area (Å²) in [7, 11) is 0. The normalized spacial score (nSPS) is 10.2. The molecule has 88 valence electrons. The molecule has 1 rings (SSSR count). The van der Waals surface area contributed by atoms with Gasteiger partial charge in [-0.3, -0.25) is 4.68 Å². The number of anilines is 1. The lowest BCUT2D eigenvalue weighted by atomic mass is 10.2. The zero-order valence-corrected chi connectivity index (χ0v) is 10.9. The number of hydrogen-bond donors (Lipinski definition) is 1. The van der Waals surface area contributed by atoms with Gasteiger partial charge in [-0.15, -0.1) is 12.4 Å². The highest BCUT2D eigenvalue weighted by Crippen LogP contribution is 2.13. The molecular weight excluding hydrogens is 210 g/mol. The second kappa shape index (κ2) is 6.72. The van der Waals surface area contributed by atoms with E-state index < -0.39 is 0 Å². The lowest BCUT2D eigenvalue weighted by Gasteiger charge is -2.06. The van der Waals surface area contributed by atoms with Gasteiger partial charge in [-0.25, -0.2) is 0 Å². The van der Waals surface area contributed by atoms with Gasteiger partial charge in [-0.2, -0.15) is 5.10 Å². The molecule has 0 fully saturated rings. The smallest absolute Gasteiger partial charge is 0.0825 e. The number of rotatable bonds is 5. The summed E-state index contributed by atoms with van der Waals surface area (Å²) in [6.45, 7) is 10.6. The van der Waals surface area contributed by atoms with E-state index in [-0.39, 0.29) is 12.4 Å². The van der Waals surface area contributed by atoms with Crippen molar-refractivity contribution in [2.75, 3.05) is 11.9 Å². The third kappa shape index (κ3) is 4.56. The first-order valence-electron chi connectivity index (χ1n) is 5.41. The van der Waals surface area contributed by atoms with Gasteiger partial charge >= 0.3 is 0 Å². The molecule has 0 saturated carbocycles. The third-order valence-corrected chi connectivity index (χ3v) is 2.10. The molecule has 15 heavy (non-hydrogen) atoms. The minimum absolute atomic E-state index is 0. The van der Waals surface area contributed by atoms with Crippen molar-refractivity contribution in [3.8, 4) is 0 Å². The molecule has 1 aromatic rings. The van der Waals surface area contributed by atoms with Crippen LogP contribution in [0.2, 0.25) is 0 Å². The van der Waals surface area contributed by atoms with E-state index in [1.54, 1.807) is 0 Å². The van der Waals surface area contributed by atoms with Crippen LogP contribution in [0.25, 0.3) is 0 Å². The number of halogens is 1. The number of nitrogens with one attached hydrogen (secondary N) is 1. The van der Waals surface area contributed by atoms with Crippen molar-refractivity contribution >= 4 is 18.1 Å². The Hall–Kier alpha value is -0.700. The summed E-state index contributed by atoms with van der Waals surface area (Å²) in [6.07, 6.45) is 3.23. The second-order valence-electron chi connectivity index (χ2n) is 4.17. The topological polar surface area (TPSA) is 29.9 Å². The van der Waals surface area contributed by atoms with Crippen molar-refractivity contribution < 1.29 is 0 Å². The van der Waals surface area contributed by atoms with Crippen molar-refractivity contribution in [1.82, 2.24) is 9.78 Å². The standard InChI is InChI=1S/C11H21N3.ClH/c1-5-6-14-8-11(10(4)13-14)12-7-9(2)3;/h8-9,12H,5-7H2,1-4H3;1H. The Morgan fingerprint density at radius 1 is 1.47 bits per heavy atom. The molecule has 0 saturated heterocycles. The summed E-state index contributed by atoms with van der Waals surface area (Å²) in [4.78, 5) is 0. The maximum Gasteiger partial charge on any atom is 0.0825 e. The summed E-state index contributed by atoms with van der Waals surface area (Å²) in [5.74, 6) is 0.670. The molecule has 0 radical (unpaired) electrons. The first-order chi connectivity index (χ1) is 6.63.